The van der Waals surface area contributed by atoms with Crippen molar-refractivity contribution in [2.24, 2.45) is 5.92 Å². The van der Waals surface area contributed by atoms with E-state index in [0.717, 1.165) is 5.75 Å². The van der Waals surface area contributed by atoms with Gasteiger partial charge in [0, 0.05) is 0 Å². The second kappa shape index (κ2) is 6.70. The third kappa shape index (κ3) is 6.77. The zero-order chi connectivity index (χ0) is 11.1. The van der Waals surface area contributed by atoms with E-state index in [-0.39, 0.29) is 5.91 Å². The maximum atomic E-state index is 11.1. The number of carbonyl (C=O) groups is 2. The predicted octanol–water partition coefficient (Wildman–Crippen LogP) is 0.965. The first-order valence-electron chi connectivity index (χ1n) is 4.53. The van der Waals surface area contributed by atoms with E-state index in [4.69, 9.17) is 5.11 Å². The van der Waals surface area contributed by atoms with Gasteiger partial charge in [0.25, 0.3) is 0 Å². The lowest BCUT2D eigenvalue weighted by Crippen LogP contribution is -2.39. The third-order valence-electron chi connectivity index (χ3n) is 1.43. The van der Waals surface area contributed by atoms with Gasteiger partial charge in [-0.3, -0.25) is 9.59 Å². The van der Waals surface area contributed by atoms with Crippen LogP contribution >= 0.6 is 11.8 Å². The summed E-state index contributed by atoms with van der Waals surface area (Å²) >= 11 is 1.52. The molecule has 0 aliphatic rings. The molecule has 0 bridgehead atoms. The lowest BCUT2D eigenvalue weighted by Gasteiger charge is -2.09. The second-order valence-electron chi connectivity index (χ2n) is 3.54. The van der Waals surface area contributed by atoms with Crippen LogP contribution in [-0.2, 0) is 9.59 Å². The Morgan fingerprint density at radius 1 is 1.36 bits per heavy atom. The summed E-state index contributed by atoms with van der Waals surface area (Å²) < 4.78 is 0. The van der Waals surface area contributed by atoms with Gasteiger partial charge in [-0.2, -0.15) is 11.8 Å². The molecule has 14 heavy (non-hydrogen) atoms. The highest BCUT2D eigenvalue weighted by Crippen LogP contribution is 2.06. The van der Waals surface area contributed by atoms with Crippen LogP contribution in [-0.4, -0.2) is 34.5 Å². The van der Waals surface area contributed by atoms with E-state index in [1.54, 1.807) is 0 Å². The molecular formula is C9H17NO3S. The van der Waals surface area contributed by atoms with E-state index in [2.05, 4.69) is 19.2 Å². The Bertz CT molecular complexity index is 206. The Labute approximate surface area is 88.4 Å². The van der Waals surface area contributed by atoms with Crippen LogP contribution in [0, 0.1) is 5.92 Å². The fraction of sp³-hybridized carbons (Fsp3) is 0.778. The van der Waals surface area contributed by atoms with Gasteiger partial charge in [0.2, 0.25) is 5.91 Å². The van der Waals surface area contributed by atoms with E-state index >= 15 is 0 Å². The monoisotopic (exact) mass is 219 g/mol. The van der Waals surface area contributed by atoms with E-state index in [1.165, 1.54) is 18.7 Å². The van der Waals surface area contributed by atoms with Crippen LogP contribution in [0.1, 0.15) is 20.8 Å². The molecule has 0 saturated carbocycles. The molecule has 0 fully saturated rings. The Morgan fingerprint density at radius 2 is 1.93 bits per heavy atom. The minimum absolute atomic E-state index is 0.217. The van der Waals surface area contributed by atoms with Crippen molar-refractivity contribution in [3.63, 3.8) is 0 Å². The summed E-state index contributed by atoms with van der Waals surface area (Å²) in [6.07, 6.45) is 0. The van der Waals surface area contributed by atoms with Gasteiger partial charge < -0.3 is 10.4 Å². The summed E-state index contributed by atoms with van der Waals surface area (Å²) in [5.74, 6) is 0.562. The molecule has 0 spiro atoms. The molecule has 0 radical (unpaired) electrons. The number of thioether (sulfide) groups is 1. The topological polar surface area (TPSA) is 66.4 Å². The fourth-order valence-electron chi connectivity index (χ4n) is 0.732. The molecule has 0 heterocycles. The lowest BCUT2D eigenvalue weighted by atomic mass is 10.3. The number of carbonyl (C=O) groups excluding carboxylic acids is 1. The molecular weight excluding hydrogens is 202 g/mol. The molecule has 5 heteroatoms. The summed E-state index contributed by atoms with van der Waals surface area (Å²) in [6, 6.07) is -0.804. The number of hydrogen-bond acceptors (Lipinski definition) is 3. The maximum absolute atomic E-state index is 11.1. The Kier molecular flexibility index (Phi) is 6.36. The zero-order valence-electron chi connectivity index (χ0n) is 8.74. The summed E-state index contributed by atoms with van der Waals surface area (Å²) in [4.78, 5) is 21.5. The Hall–Kier alpha value is -0.710. The number of carboxylic acid groups (broad SMARTS) is 1. The standard InChI is InChI=1S/C9H17NO3S/c1-6(2)4-14-5-8(11)10-7(3)9(12)13/h6-7H,4-5H2,1-3H3,(H,10,11)(H,12,13)/t7-/m1/s1. The number of carboxylic acids is 1. The molecule has 2 N–H and O–H groups in total. The highest BCUT2D eigenvalue weighted by molar-refractivity contribution is 7.99. The molecule has 0 aromatic rings. The van der Waals surface area contributed by atoms with Crippen molar-refractivity contribution in [2.75, 3.05) is 11.5 Å². The average Bonchev–Trinajstić information content (AvgIpc) is 2.02. The van der Waals surface area contributed by atoms with Crippen LogP contribution < -0.4 is 5.32 Å². The first-order chi connectivity index (χ1) is 6.43. The minimum Gasteiger partial charge on any atom is -0.480 e. The summed E-state index contributed by atoms with van der Waals surface area (Å²) in [5, 5.41) is 10.9. The van der Waals surface area contributed by atoms with E-state index in [1.807, 2.05) is 0 Å². The minimum atomic E-state index is -1.01. The van der Waals surface area contributed by atoms with Crippen LogP contribution in [0.2, 0.25) is 0 Å². The highest BCUT2D eigenvalue weighted by Gasteiger charge is 2.13. The molecule has 1 atom stereocenters. The summed E-state index contributed by atoms with van der Waals surface area (Å²) in [5.41, 5.74) is 0. The number of amides is 1. The average molecular weight is 219 g/mol. The van der Waals surface area contributed by atoms with Crippen LogP contribution in [0.4, 0.5) is 0 Å². The number of rotatable bonds is 6. The Morgan fingerprint density at radius 3 is 2.36 bits per heavy atom. The van der Waals surface area contributed by atoms with Gasteiger partial charge in [0.15, 0.2) is 0 Å². The summed E-state index contributed by atoms with van der Waals surface area (Å²) in [6.45, 7) is 5.60. The van der Waals surface area contributed by atoms with Gasteiger partial charge in [-0.05, 0) is 18.6 Å². The van der Waals surface area contributed by atoms with Gasteiger partial charge in [-0.25, -0.2) is 0 Å². The van der Waals surface area contributed by atoms with Crippen LogP contribution in [0.5, 0.6) is 0 Å². The van der Waals surface area contributed by atoms with Crippen molar-refractivity contribution in [1.29, 1.82) is 0 Å². The van der Waals surface area contributed by atoms with Crippen LogP contribution in [0.3, 0.4) is 0 Å². The molecule has 4 nitrogen and oxygen atoms in total. The Balaban J connectivity index is 3.60. The van der Waals surface area contributed by atoms with E-state index < -0.39 is 12.0 Å². The molecule has 0 aliphatic heterocycles. The molecule has 82 valence electrons. The van der Waals surface area contributed by atoms with Crippen LogP contribution in [0.15, 0.2) is 0 Å². The molecule has 0 aliphatic carbocycles. The summed E-state index contributed by atoms with van der Waals surface area (Å²) in [7, 11) is 0. The predicted molar refractivity (Wildman–Crippen MR) is 57.4 cm³/mol. The van der Waals surface area contributed by atoms with E-state index in [9.17, 15) is 9.59 Å². The fourth-order valence-corrected chi connectivity index (χ4v) is 1.59. The highest BCUT2D eigenvalue weighted by atomic mass is 32.2. The quantitative estimate of drug-likeness (QED) is 0.698. The SMILES string of the molecule is CC(C)CSCC(=O)N[C@H](C)C(=O)O. The lowest BCUT2D eigenvalue weighted by molar-refractivity contribution is -0.140. The second-order valence-corrected chi connectivity index (χ2v) is 4.57. The van der Waals surface area contributed by atoms with Gasteiger partial charge in [0.05, 0.1) is 5.75 Å². The zero-order valence-corrected chi connectivity index (χ0v) is 9.56. The maximum Gasteiger partial charge on any atom is 0.325 e. The largest absolute Gasteiger partial charge is 0.480 e. The van der Waals surface area contributed by atoms with Crippen molar-refractivity contribution < 1.29 is 14.7 Å². The first-order valence-corrected chi connectivity index (χ1v) is 5.69. The van der Waals surface area contributed by atoms with Crippen molar-refractivity contribution in [3.05, 3.63) is 0 Å². The van der Waals surface area contributed by atoms with Gasteiger partial charge in [-0.1, -0.05) is 13.8 Å². The van der Waals surface area contributed by atoms with Crippen molar-refractivity contribution >= 4 is 23.6 Å². The normalized spacial score (nSPS) is 12.6. The molecule has 0 aromatic heterocycles. The van der Waals surface area contributed by atoms with Crippen LogP contribution in [0.25, 0.3) is 0 Å². The van der Waals surface area contributed by atoms with Crippen molar-refractivity contribution in [2.45, 2.75) is 26.8 Å². The number of nitrogens with one attached hydrogen (secondary N) is 1. The molecule has 0 aromatic carbocycles. The molecule has 0 unspecified atom stereocenters. The molecule has 1 amide bonds. The number of aliphatic carboxylic acids is 1. The van der Waals surface area contributed by atoms with Gasteiger partial charge in [0.1, 0.15) is 6.04 Å². The van der Waals surface area contributed by atoms with Gasteiger partial charge in [-0.15, -0.1) is 0 Å². The molecule has 0 rings (SSSR count). The smallest absolute Gasteiger partial charge is 0.325 e. The van der Waals surface area contributed by atoms with Crippen molar-refractivity contribution in [1.82, 2.24) is 5.32 Å². The molecule has 0 saturated heterocycles. The van der Waals surface area contributed by atoms with Crippen molar-refractivity contribution in [3.8, 4) is 0 Å². The first kappa shape index (κ1) is 13.3. The third-order valence-corrected chi connectivity index (χ3v) is 2.80. The van der Waals surface area contributed by atoms with Gasteiger partial charge >= 0.3 is 5.97 Å². The van der Waals surface area contributed by atoms with E-state index in [0.29, 0.717) is 11.7 Å². The number of hydrogen-bond donors (Lipinski definition) is 2.